The molecule has 3 aromatic carbocycles. The van der Waals surface area contributed by atoms with E-state index < -0.39 is 5.91 Å². The number of nitrogens with zero attached hydrogens (tertiary/aromatic N) is 2. The Morgan fingerprint density at radius 1 is 1.09 bits per heavy atom. The number of amides is 2. The summed E-state index contributed by atoms with van der Waals surface area (Å²) in [4.78, 5) is 25.9. The van der Waals surface area contributed by atoms with Crippen LogP contribution in [0.3, 0.4) is 0 Å². The van der Waals surface area contributed by atoms with Gasteiger partial charge >= 0.3 is 0 Å². The smallest absolute Gasteiger partial charge is 0.248 e. The van der Waals surface area contributed by atoms with Crippen LogP contribution in [0.5, 0.6) is 17.2 Å². The molecule has 1 aliphatic rings. The molecule has 0 aromatic heterocycles. The van der Waals surface area contributed by atoms with Crippen molar-refractivity contribution >= 4 is 17.5 Å². The summed E-state index contributed by atoms with van der Waals surface area (Å²) in [6.45, 7) is 0.469. The van der Waals surface area contributed by atoms with Crippen LogP contribution >= 0.6 is 0 Å². The van der Waals surface area contributed by atoms with Gasteiger partial charge in [-0.05, 0) is 54.1 Å². The van der Waals surface area contributed by atoms with Gasteiger partial charge in [-0.3, -0.25) is 9.59 Å². The molecule has 0 aliphatic carbocycles. The number of hydrogen-bond acceptors (Lipinski definition) is 5. The highest BCUT2D eigenvalue weighted by Gasteiger charge is 2.32. The predicted molar refractivity (Wildman–Crippen MR) is 119 cm³/mol. The lowest BCUT2D eigenvalue weighted by atomic mass is 9.98. The second-order valence-corrected chi connectivity index (χ2v) is 7.47. The molecular weight excluding hydrogens is 406 g/mol. The number of nitriles is 1. The average molecular weight is 427 g/mol. The molecule has 1 saturated heterocycles. The SMILES string of the molecule is COc1ccc(C2CC(=O)N(c3cccc(C(N)=O)c3)C2)cc1Oc1cccc(C#N)c1. The lowest BCUT2D eigenvalue weighted by molar-refractivity contribution is -0.117. The Morgan fingerprint density at radius 3 is 2.66 bits per heavy atom. The summed E-state index contributed by atoms with van der Waals surface area (Å²) in [5.41, 5.74) is 7.80. The fourth-order valence-electron chi connectivity index (χ4n) is 3.79. The number of carbonyl (C=O) groups excluding carboxylic acids is 2. The van der Waals surface area contributed by atoms with E-state index in [9.17, 15) is 9.59 Å². The van der Waals surface area contributed by atoms with Crippen molar-refractivity contribution in [2.45, 2.75) is 12.3 Å². The second kappa shape index (κ2) is 8.82. The molecule has 1 heterocycles. The quantitative estimate of drug-likeness (QED) is 0.641. The van der Waals surface area contributed by atoms with Crippen molar-refractivity contribution in [2.24, 2.45) is 5.73 Å². The number of carbonyl (C=O) groups is 2. The monoisotopic (exact) mass is 427 g/mol. The van der Waals surface area contributed by atoms with Crippen molar-refractivity contribution in [1.82, 2.24) is 0 Å². The summed E-state index contributed by atoms with van der Waals surface area (Å²) >= 11 is 0. The Bertz CT molecular complexity index is 1230. The third-order valence-corrected chi connectivity index (χ3v) is 5.42. The third-order valence-electron chi connectivity index (χ3n) is 5.42. The number of anilines is 1. The Morgan fingerprint density at radius 2 is 1.91 bits per heavy atom. The van der Waals surface area contributed by atoms with E-state index in [-0.39, 0.29) is 11.8 Å². The summed E-state index contributed by atoms with van der Waals surface area (Å²) in [7, 11) is 1.56. The van der Waals surface area contributed by atoms with E-state index in [1.807, 2.05) is 12.1 Å². The van der Waals surface area contributed by atoms with E-state index in [4.69, 9.17) is 20.5 Å². The Hall–Kier alpha value is -4.31. The van der Waals surface area contributed by atoms with Crippen LogP contribution in [0, 0.1) is 11.3 Å². The van der Waals surface area contributed by atoms with Gasteiger partial charge in [0.1, 0.15) is 5.75 Å². The Labute approximate surface area is 185 Å². The molecule has 0 saturated carbocycles. The first-order valence-corrected chi connectivity index (χ1v) is 10.0. The lowest BCUT2D eigenvalue weighted by Crippen LogP contribution is -2.24. The van der Waals surface area contributed by atoms with E-state index >= 15 is 0 Å². The van der Waals surface area contributed by atoms with Gasteiger partial charge in [0.05, 0.1) is 18.7 Å². The van der Waals surface area contributed by atoms with Crippen molar-refractivity contribution in [3.8, 4) is 23.3 Å². The topological polar surface area (TPSA) is 106 Å². The second-order valence-electron chi connectivity index (χ2n) is 7.47. The van der Waals surface area contributed by atoms with Crippen LogP contribution in [0.2, 0.25) is 0 Å². The van der Waals surface area contributed by atoms with Gasteiger partial charge in [-0.1, -0.05) is 18.2 Å². The van der Waals surface area contributed by atoms with Gasteiger partial charge in [0.25, 0.3) is 0 Å². The van der Waals surface area contributed by atoms with Crippen molar-refractivity contribution in [3.63, 3.8) is 0 Å². The standard InChI is InChI=1S/C25H21N3O4/c1-31-22-9-8-17(12-23(22)32-21-7-2-4-16(10-21)14-26)19-13-24(29)28(15-19)20-6-3-5-18(11-20)25(27)30/h2-12,19H,13,15H2,1H3,(H2,27,30). The van der Waals surface area contributed by atoms with Gasteiger partial charge in [0, 0.05) is 30.1 Å². The van der Waals surface area contributed by atoms with E-state index in [1.54, 1.807) is 66.6 Å². The van der Waals surface area contributed by atoms with Gasteiger partial charge < -0.3 is 20.1 Å². The molecule has 0 spiro atoms. The zero-order valence-corrected chi connectivity index (χ0v) is 17.4. The normalized spacial score (nSPS) is 15.3. The fraction of sp³-hybridized carbons (Fsp3) is 0.160. The molecule has 7 heteroatoms. The van der Waals surface area contributed by atoms with E-state index in [0.29, 0.717) is 47.0 Å². The van der Waals surface area contributed by atoms with Gasteiger partial charge in [-0.15, -0.1) is 0 Å². The van der Waals surface area contributed by atoms with Crippen LogP contribution in [0.25, 0.3) is 0 Å². The minimum atomic E-state index is -0.535. The maximum Gasteiger partial charge on any atom is 0.248 e. The van der Waals surface area contributed by atoms with Crippen molar-refractivity contribution < 1.29 is 19.1 Å². The minimum absolute atomic E-state index is 0.0309. The highest BCUT2D eigenvalue weighted by Crippen LogP contribution is 2.38. The number of hydrogen-bond donors (Lipinski definition) is 1. The zero-order valence-electron chi connectivity index (χ0n) is 17.4. The highest BCUT2D eigenvalue weighted by molar-refractivity contribution is 5.99. The van der Waals surface area contributed by atoms with Crippen LogP contribution < -0.4 is 20.1 Å². The summed E-state index contributed by atoms with van der Waals surface area (Å²) < 4.78 is 11.4. The maximum atomic E-state index is 12.7. The zero-order chi connectivity index (χ0) is 22.7. The van der Waals surface area contributed by atoms with Crippen molar-refractivity contribution in [2.75, 3.05) is 18.6 Å². The number of primary amides is 1. The van der Waals surface area contributed by atoms with Gasteiger partial charge in [-0.2, -0.15) is 5.26 Å². The molecule has 0 bridgehead atoms. The van der Waals surface area contributed by atoms with Crippen LogP contribution in [0.4, 0.5) is 5.69 Å². The number of rotatable bonds is 6. The van der Waals surface area contributed by atoms with E-state index in [2.05, 4.69) is 6.07 Å². The van der Waals surface area contributed by atoms with Gasteiger partial charge in [0.2, 0.25) is 11.8 Å². The van der Waals surface area contributed by atoms with Gasteiger partial charge in [-0.25, -0.2) is 0 Å². The largest absolute Gasteiger partial charge is 0.493 e. The highest BCUT2D eigenvalue weighted by atomic mass is 16.5. The molecule has 2 N–H and O–H groups in total. The molecule has 1 atom stereocenters. The third kappa shape index (κ3) is 4.25. The van der Waals surface area contributed by atoms with E-state index in [0.717, 1.165) is 5.56 Å². The summed E-state index contributed by atoms with van der Waals surface area (Å²) in [6, 6.07) is 21.3. The van der Waals surface area contributed by atoms with Crippen molar-refractivity contribution in [1.29, 1.82) is 5.26 Å². The van der Waals surface area contributed by atoms with Crippen LogP contribution in [0.15, 0.2) is 66.7 Å². The van der Waals surface area contributed by atoms with Crippen LogP contribution in [-0.2, 0) is 4.79 Å². The molecule has 160 valence electrons. The molecule has 0 radical (unpaired) electrons. The average Bonchev–Trinajstić information content (AvgIpc) is 3.21. The van der Waals surface area contributed by atoms with Crippen molar-refractivity contribution in [3.05, 3.63) is 83.4 Å². The molecule has 4 rings (SSSR count). The molecular formula is C25H21N3O4. The summed E-state index contributed by atoms with van der Waals surface area (Å²) in [6.07, 6.45) is 0.330. The lowest BCUT2D eigenvalue weighted by Gasteiger charge is -2.18. The molecule has 32 heavy (non-hydrogen) atoms. The molecule has 1 aliphatic heterocycles. The fourth-order valence-corrected chi connectivity index (χ4v) is 3.79. The first-order valence-electron chi connectivity index (χ1n) is 10.0. The Balaban J connectivity index is 1.59. The summed E-state index contributed by atoms with van der Waals surface area (Å²) in [5, 5.41) is 9.12. The summed E-state index contributed by atoms with van der Waals surface area (Å²) in [5.74, 6) is 0.947. The predicted octanol–water partition coefficient (Wildman–Crippen LogP) is 3.98. The van der Waals surface area contributed by atoms with E-state index in [1.165, 1.54) is 0 Å². The molecule has 1 unspecified atom stereocenters. The Kier molecular flexibility index (Phi) is 5.77. The van der Waals surface area contributed by atoms with Crippen LogP contribution in [0.1, 0.15) is 33.8 Å². The number of nitrogens with two attached hydrogens (primary N) is 1. The van der Waals surface area contributed by atoms with Gasteiger partial charge in [0.15, 0.2) is 11.5 Å². The molecule has 3 aromatic rings. The number of methoxy groups -OCH3 is 1. The first-order chi connectivity index (χ1) is 15.5. The molecule has 1 fully saturated rings. The first kappa shape index (κ1) is 20.9. The number of ether oxygens (including phenoxy) is 2. The van der Waals surface area contributed by atoms with Crippen LogP contribution in [-0.4, -0.2) is 25.5 Å². The minimum Gasteiger partial charge on any atom is -0.493 e. The maximum absolute atomic E-state index is 12.7. The molecule has 7 nitrogen and oxygen atoms in total. The number of benzene rings is 3. The molecule has 2 amide bonds.